The lowest BCUT2D eigenvalue weighted by Gasteiger charge is -2.19. The molecule has 14 heavy (non-hydrogen) atoms. The minimum Gasteiger partial charge on any atom is -0.396 e. The molecule has 0 aromatic heterocycles. The highest BCUT2D eigenvalue weighted by molar-refractivity contribution is 5.77. The maximum atomic E-state index is 11.4. The number of aliphatic hydroxyl groups is 1. The molecule has 1 rings (SSSR count). The fraction of sp³-hybridized carbons (Fsp3) is 0.900. The summed E-state index contributed by atoms with van der Waals surface area (Å²) >= 11 is 0. The Morgan fingerprint density at radius 3 is 2.50 bits per heavy atom. The monoisotopic (exact) mass is 200 g/mol. The molecule has 4 nitrogen and oxygen atoms in total. The van der Waals surface area contributed by atoms with Gasteiger partial charge in [-0.15, -0.1) is 0 Å². The quantitative estimate of drug-likeness (QED) is 0.585. The number of hydrogen-bond donors (Lipinski definition) is 3. The van der Waals surface area contributed by atoms with Gasteiger partial charge >= 0.3 is 0 Å². The number of nitrogens with two attached hydrogens (primary N) is 1. The SMILES string of the molecule is CC(C)(N)CC(=O)NCC1(CO)CC1. The van der Waals surface area contributed by atoms with E-state index in [0.29, 0.717) is 13.0 Å². The molecule has 0 aliphatic heterocycles. The molecular formula is C10H20N2O2. The van der Waals surface area contributed by atoms with Crippen LogP contribution in [0.5, 0.6) is 0 Å². The molecule has 1 amide bonds. The van der Waals surface area contributed by atoms with Crippen LogP contribution in [-0.4, -0.2) is 29.7 Å². The topological polar surface area (TPSA) is 75.4 Å². The number of carbonyl (C=O) groups is 1. The van der Waals surface area contributed by atoms with Crippen LogP contribution in [0, 0.1) is 5.41 Å². The first-order chi connectivity index (χ1) is 6.37. The molecule has 1 fully saturated rings. The maximum Gasteiger partial charge on any atom is 0.221 e. The summed E-state index contributed by atoms with van der Waals surface area (Å²) in [6.07, 6.45) is 2.35. The van der Waals surface area contributed by atoms with Gasteiger partial charge in [0.1, 0.15) is 0 Å². The summed E-state index contributed by atoms with van der Waals surface area (Å²) in [6, 6.07) is 0. The summed E-state index contributed by atoms with van der Waals surface area (Å²) in [5.41, 5.74) is 5.24. The average molecular weight is 200 g/mol. The van der Waals surface area contributed by atoms with Crippen LogP contribution in [0.15, 0.2) is 0 Å². The van der Waals surface area contributed by atoms with Crippen molar-refractivity contribution < 1.29 is 9.90 Å². The highest BCUT2D eigenvalue weighted by atomic mass is 16.3. The van der Waals surface area contributed by atoms with Crippen molar-refractivity contribution in [3.8, 4) is 0 Å². The lowest BCUT2D eigenvalue weighted by Crippen LogP contribution is -2.41. The van der Waals surface area contributed by atoms with E-state index in [9.17, 15) is 4.79 Å². The predicted molar refractivity (Wildman–Crippen MR) is 54.6 cm³/mol. The van der Waals surface area contributed by atoms with Gasteiger partial charge in [-0.2, -0.15) is 0 Å². The van der Waals surface area contributed by atoms with Crippen molar-refractivity contribution in [3.63, 3.8) is 0 Å². The number of hydrogen-bond acceptors (Lipinski definition) is 3. The van der Waals surface area contributed by atoms with E-state index in [1.807, 2.05) is 13.8 Å². The smallest absolute Gasteiger partial charge is 0.221 e. The first-order valence-electron chi connectivity index (χ1n) is 5.03. The van der Waals surface area contributed by atoms with Crippen LogP contribution in [-0.2, 0) is 4.79 Å². The zero-order valence-electron chi connectivity index (χ0n) is 8.97. The van der Waals surface area contributed by atoms with E-state index < -0.39 is 5.54 Å². The third kappa shape index (κ3) is 3.64. The first-order valence-corrected chi connectivity index (χ1v) is 5.03. The van der Waals surface area contributed by atoms with Crippen molar-refractivity contribution in [2.45, 2.75) is 38.6 Å². The summed E-state index contributed by atoms with van der Waals surface area (Å²) in [6.45, 7) is 4.40. The molecule has 0 bridgehead atoms. The highest BCUT2D eigenvalue weighted by Gasteiger charge is 2.42. The Bertz CT molecular complexity index is 217. The Hall–Kier alpha value is -0.610. The molecule has 0 atom stereocenters. The van der Waals surface area contributed by atoms with E-state index in [4.69, 9.17) is 10.8 Å². The fourth-order valence-corrected chi connectivity index (χ4v) is 1.33. The van der Waals surface area contributed by atoms with Crippen molar-refractivity contribution in [1.29, 1.82) is 0 Å². The van der Waals surface area contributed by atoms with Crippen LogP contribution in [0.4, 0.5) is 0 Å². The molecule has 0 heterocycles. The van der Waals surface area contributed by atoms with E-state index in [-0.39, 0.29) is 17.9 Å². The van der Waals surface area contributed by atoms with Crippen molar-refractivity contribution in [1.82, 2.24) is 5.32 Å². The van der Waals surface area contributed by atoms with Gasteiger partial charge < -0.3 is 16.2 Å². The van der Waals surface area contributed by atoms with E-state index >= 15 is 0 Å². The molecule has 0 saturated heterocycles. The van der Waals surface area contributed by atoms with Gasteiger partial charge in [0.15, 0.2) is 0 Å². The number of carbonyl (C=O) groups excluding carboxylic acids is 1. The highest BCUT2D eigenvalue weighted by Crippen LogP contribution is 2.44. The summed E-state index contributed by atoms with van der Waals surface area (Å²) < 4.78 is 0. The maximum absolute atomic E-state index is 11.4. The molecule has 1 aliphatic rings. The van der Waals surface area contributed by atoms with Crippen molar-refractivity contribution >= 4 is 5.91 Å². The molecule has 4 heteroatoms. The molecule has 0 aromatic rings. The van der Waals surface area contributed by atoms with Gasteiger partial charge in [0.25, 0.3) is 0 Å². The third-order valence-corrected chi connectivity index (χ3v) is 2.57. The third-order valence-electron chi connectivity index (χ3n) is 2.57. The van der Waals surface area contributed by atoms with E-state index in [2.05, 4.69) is 5.32 Å². The molecule has 0 radical (unpaired) electrons. The Morgan fingerprint density at radius 2 is 2.14 bits per heavy atom. The Labute approximate surface area is 84.9 Å². The number of aliphatic hydroxyl groups excluding tert-OH is 1. The zero-order valence-corrected chi connectivity index (χ0v) is 8.97. The Morgan fingerprint density at radius 1 is 1.57 bits per heavy atom. The van der Waals surface area contributed by atoms with E-state index in [1.54, 1.807) is 0 Å². The van der Waals surface area contributed by atoms with Crippen LogP contribution in [0.3, 0.4) is 0 Å². The Kier molecular flexibility index (Phi) is 3.17. The van der Waals surface area contributed by atoms with Crippen LogP contribution in [0.25, 0.3) is 0 Å². The molecule has 0 aromatic carbocycles. The molecule has 0 unspecified atom stereocenters. The van der Waals surface area contributed by atoms with Gasteiger partial charge in [-0.3, -0.25) is 4.79 Å². The molecule has 1 saturated carbocycles. The Balaban J connectivity index is 2.22. The van der Waals surface area contributed by atoms with Gasteiger partial charge in [-0.1, -0.05) is 0 Å². The largest absolute Gasteiger partial charge is 0.396 e. The van der Waals surface area contributed by atoms with Gasteiger partial charge in [-0.25, -0.2) is 0 Å². The minimum absolute atomic E-state index is 0.0194. The van der Waals surface area contributed by atoms with Gasteiger partial charge in [0, 0.05) is 23.9 Å². The van der Waals surface area contributed by atoms with Crippen LogP contribution < -0.4 is 11.1 Å². The predicted octanol–water partition coefficient (Wildman–Crippen LogP) is 0.00250. The fourth-order valence-electron chi connectivity index (χ4n) is 1.33. The van der Waals surface area contributed by atoms with Crippen LogP contribution in [0.1, 0.15) is 33.1 Å². The summed E-state index contributed by atoms with van der Waals surface area (Å²) in [5.74, 6) is -0.0303. The van der Waals surface area contributed by atoms with Crippen LogP contribution in [0.2, 0.25) is 0 Å². The number of nitrogens with one attached hydrogen (secondary N) is 1. The van der Waals surface area contributed by atoms with Crippen molar-refractivity contribution in [3.05, 3.63) is 0 Å². The van der Waals surface area contributed by atoms with Gasteiger partial charge in [0.05, 0.1) is 6.61 Å². The molecular weight excluding hydrogens is 180 g/mol. The summed E-state index contributed by atoms with van der Waals surface area (Å²) in [5, 5.41) is 11.8. The second-order valence-electron chi connectivity index (χ2n) is 5.10. The minimum atomic E-state index is -0.458. The standard InChI is InChI=1S/C10H20N2O2/c1-9(2,11)5-8(14)12-6-10(7-13)3-4-10/h13H,3-7,11H2,1-2H3,(H,12,14). The van der Waals surface area contributed by atoms with Crippen molar-refractivity contribution in [2.75, 3.05) is 13.2 Å². The normalized spacial score (nSPS) is 19.1. The average Bonchev–Trinajstić information content (AvgIpc) is 2.78. The van der Waals surface area contributed by atoms with Gasteiger partial charge in [0.2, 0.25) is 5.91 Å². The lowest BCUT2D eigenvalue weighted by atomic mass is 10.0. The molecule has 82 valence electrons. The summed E-state index contributed by atoms with van der Waals surface area (Å²) in [4.78, 5) is 11.4. The zero-order chi connectivity index (χ0) is 10.8. The number of amides is 1. The molecule has 4 N–H and O–H groups in total. The number of rotatable bonds is 5. The second kappa shape index (κ2) is 3.87. The summed E-state index contributed by atoms with van der Waals surface area (Å²) in [7, 11) is 0. The van der Waals surface area contributed by atoms with Crippen molar-refractivity contribution in [2.24, 2.45) is 11.1 Å². The van der Waals surface area contributed by atoms with E-state index in [0.717, 1.165) is 12.8 Å². The molecule has 1 aliphatic carbocycles. The van der Waals surface area contributed by atoms with Gasteiger partial charge in [-0.05, 0) is 26.7 Å². The molecule has 0 spiro atoms. The first kappa shape index (κ1) is 11.5. The lowest BCUT2D eigenvalue weighted by molar-refractivity contribution is -0.122. The second-order valence-corrected chi connectivity index (χ2v) is 5.10. The van der Waals surface area contributed by atoms with E-state index in [1.165, 1.54) is 0 Å². The van der Waals surface area contributed by atoms with Crippen LogP contribution >= 0.6 is 0 Å².